The molecule has 0 aliphatic carbocycles. The maximum atomic E-state index is 15.0. The minimum absolute atomic E-state index is 0.0424. The molecule has 0 saturated carbocycles. The highest BCUT2D eigenvalue weighted by molar-refractivity contribution is 8.18. The van der Waals surface area contributed by atoms with E-state index in [-0.39, 0.29) is 16.8 Å². The van der Waals surface area contributed by atoms with E-state index < -0.39 is 11.1 Å². The molecule has 32 heavy (non-hydrogen) atoms. The zero-order chi connectivity index (χ0) is 22.2. The molecule has 0 unspecified atom stereocenters. The first-order valence-electron chi connectivity index (χ1n) is 10.1. The zero-order valence-electron chi connectivity index (χ0n) is 16.9. The van der Waals surface area contributed by atoms with Crippen molar-refractivity contribution < 1.29 is 14.0 Å². The number of halogens is 1. The Hall–Kier alpha value is -3.37. The van der Waals surface area contributed by atoms with Gasteiger partial charge < -0.3 is 10.6 Å². The summed E-state index contributed by atoms with van der Waals surface area (Å²) in [6, 6.07) is 8.49. The van der Waals surface area contributed by atoms with Crippen LogP contribution in [-0.2, 0) is 4.79 Å². The van der Waals surface area contributed by atoms with E-state index in [0.29, 0.717) is 40.2 Å². The van der Waals surface area contributed by atoms with Crippen molar-refractivity contribution in [3.63, 3.8) is 0 Å². The second-order valence-electron chi connectivity index (χ2n) is 7.69. The molecular weight excluding hydrogens is 431 g/mol. The number of imide groups is 1. The highest BCUT2D eigenvalue weighted by Crippen LogP contribution is 2.31. The Balaban J connectivity index is 1.52. The standard InChI is InChI=1S/C22H19FN6O2S/c23-15-8-12(3-6-17(15)29-7-1-2-13(24)10-29)19-20-16(25-11-26-19)5-4-14(27-20)9-18-21(30)28-22(31)32-18/h3-6,8-9,11,13H,1-2,7,10,24H2,(H,28,30,31)/b18-9-/t13-/m1/s1. The third kappa shape index (κ3) is 3.94. The van der Waals surface area contributed by atoms with Gasteiger partial charge in [0.05, 0.1) is 21.8 Å². The summed E-state index contributed by atoms with van der Waals surface area (Å²) >= 11 is 0.819. The van der Waals surface area contributed by atoms with Crippen molar-refractivity contribution in [3.05, 3.63) is 53.1 Å². The average molecular weight is 450 g/mol. The van der Waals surface area contributed by atoms with Gasteiger partial charge in [-0.05, 0) is 54.9 Å². The fraction of sp³-hybridized carbons (Fsp3) is 0.227. The summed E-state index contributed by atoms with van der Waals surface area (Å²) in [6.07, 6.45) is 4.82. The number of thioether (sulfide) groups is 1. The Morgan fingerprint density at radius 3 is 2.84 bits per heavy atom. The number of carbonyl (C=O) groups excluding carboxylic acids is 2. The molecule has 2 fully saturated rings. The molecule has 2 aliphatic heterocycles. The molecule has 1 aromatic carbocycles. The van der Waals surface area contributed by atoms with E-state index in [1.54, 1.807) is 18.2 Å². The van der Waals surface area contributed by atoms with Gasteiger partial charge >= 0.3 is 0 Å². The monoisotopic (exact) mass is 450 g/mol. The number of pyridine rings is 1. The van der Waals surface area contributed by atoms with E-state index >= 15 is 4.39 Å². The van der Waals surface area contributed by atoms with E-state index in [4.69, 9.17) is 5.73 Å². The van der Waals surface area contributed by atoms with Gasteiger partial charge in [-0.25, -0.2) is 19.3 Å². The third-order valence-electron chi connectivity index (χ3n) is 5.44. The number of nitrogens with zero attached hydrogens (tertiary/aromatic N) is 4. The molecule has 8 nitrogen and oxygen atoms in total. The lowest BCUT2D eigenvalue weighted by Crippen LogP contribution is -2.43. The number of benzene rings is 1. The average Bonchev–Trinajstić information content (AvgIpc) is 3.09. The van der Waals surface area contributed by atoms with Crippen molar-refractivity contribution in [2.24, 2.45) is 5.73 Å². The van der Waals surface area contributed by atoms with Crippen LogP contribution in [-0.4, -0.2) is 45.2 Å². The molecule has 0 spiro atoms. The van der Waals surface area contributed by atoms with E-state index in [0.717, 1.165) is 31.1 Å². The number of hydrogen-bond acceptors (Lipinski definition) is 8. The maximum absolute atomic E-state index is 15.0. The summed E-state index contributed by atoms with van der Waals surface area (Å²) in [6.45, 7) is 1.40. The van der Waals surface area contributed by atoms with Crippen molar-refractivity contribution >= 4 is 45.7 Å². The van der Waals surface area contributed by atoms with Crippen molar-refractivity contribution in [2.75, 3.05) is 18.0 Å². The summed E-state index contributed by atoms with van der Waals surface area (Å²) in [7, 11) is 0. The number of amides is 2. The Labute approximate surface area is 187 Å². The molecule has 2 saturated heterocycles. The topological polar surface area (TPSA) is 114 Å². The predicted octanol–water partition coefficient (Wildman–Crippen LogP) is 3.08. The summed E-state index contributed by atoms with van der Waals surface area (Å²) in [5, 5.41) is 1.79. The first kappa shape index (κ1) is 20.5. The molecule has 3 aromatic rings. The lowest BCUT2D eigenvalue weighted by Gasteiger charge is -2.32. The van der Waals surface area contributed by atoms with Crippen LogP contribution in [0.3, 0.4) is 0 Å². The Bertz CT molecular complexity index is 1280. The third-order valence-corrected chi connectivity index (χ3v) is 6.25. The largest absolute Gasteiger partial charge is 0.368 e. The summed E-state index contributed by atoms with van der Waals surface area (Å²) in [5.74, 6) is -0.805. The van der Waals surface area contributed by atoms with Crippen LogP contribution < -0.4 is 16.0 Å². The van der Waals surface area contributed by atoms with Crippen molar-refractivity contribution in [1.29, 1.82) is 0 Å². The number of aromatic nitrogens is 3. The van der Waals surface area contributed by atoms with Crippen LogP contribution in [0.4, 0.5) is 14.9 Å². The Morgan fingerprint density at radius 1 is 1.22 bits per heavy atom. The van der Waals surface area contributed by atoms with E-state index in [1.807, 2.05) is 11.0 Å². The van der Waals surface area contributed by atoms with Gasteiger partial charge in [0.2, 0.25) is 0 Å². The highest BCUT2D eigenvalue weighted by atomic mass is 32.2. The van der Waals surface area contributed by atoms with Gasteiger partial charge in [-0.15, -0.1) is 0 Å². The minimum Gasteiger partial charge on any atom is -0.368 e. The Kier molecular flexibility index (Phi) is 5.32. The van der Waals surface area contributed by atoms with Crippen LogP contribution in [0.5, 0.6) is 0 Å². The molecule has 162 valence electrons. The van der Waals surface area contributed by atoms with Crippen LogP contribution in [0.25, 0.3) is 28.4 Å². The number of nitrogens with two attached hydrogens (primary N) is 1. The number of anilines is 1. The van der Waals surface area contributed by atoms with Crippen molar-refractivity contribution in [3.8, 4) is 11.3 Å². The second kappa shape index (κ2) is 8.29. The molecule has 5 rings (SSSR count). The number of hydrogen-bond donors (Lipinski definition) is 2. The van der Waals surface area contributed by atoms with Crippen LogP contribution in [0, 0.1) is 5.82 Å². The maximum Gasteiger partial charge on any atom is 0.290 e. The van der Waals surface area contributed by atoms with E-state index in [2.05, 4.69) is 20.3 Å². The smallest absolute Gasteiger partial charge is 0.290 e. The van der Waals surface area contributed by atoms with Crippen molar-refractivity contribution in [1.82, 2.24) is 20.3 Å². The van der Waals surface area contributed by atoms with Crippen LogP contribution in [0.2, 0.25) is 0 Å². The number of piperidine rings is 1. The Morgan fingerprint density at radius 2 is 2.09 bits per heavy atom. The van der Waals surface area contributed by atoms with Gasteiger partial charge in [0.25, 0.3) is 11.1 Å². The first-order chi connectivity index (χ1) is 15.5. The first-order valence-corrected chi connectivity index (χ1v) is 11.0. The summed E-state index contributed by atoms with van der Waals surface area (Å²) in [4.78, 5) is 38.6. The van der Waals surface area contributed by atoms with Crippen LogP contribution >= 0.6 is 11.8 Å². The molecule has 2 aliphatic rings. The van der Waals surface area contributed by atoms with Gasteiger partial charge in [-0.1, -0.05) is 6.07 Å². The van der Waals surface area contributed by atoms with Crippen molar-refractivity contribution in [2.45, 2.75) is 18.9 Å². The van der Waals surface area contributed by atoms with Gasteiger partial charge in [0.1, 0.15) is 23.4 Å². The fourth-order valence-corrected chi connectivity index (χ4v) is 4.61. The molecule has 0 bridgehead atoms. The van der Waals surface area contributed by atoms with Gasteiger partial charge in [-0.2, -0.15) is 0 Å². The molecule has 2 aromatic heterocycles. The van der Waals surface area contributed by atoms with Gasteiger partial charge in [-0.3, -0.25) is 14.9 Å². The molecular formula is C22H19FN6O2S. The number of rotatable bonds is 3. The van der Waals surface area contributed by atoms with Gasteiger partial charge in [0.15, 0.2) is 0 Å². The fourth-order valence-electron chi connectivity index (χ4n) is 3.94. The lowest BCUT2D eigenvalue weighted by molar-refractivity contribution is -0.115. The molecule has 4 heterocycles. The number of nitrogens with one attached hydrogen (secondary N) is 1. The number of carbonyl (C=O) groups is 2. The molecule has 2 amide bonds. The quantitative estimate of drug-likeness (QED) is 0.585. The number of fused-ring (bicyclic) bond motifs is 1. The van der Waals surface area contributed by atoms with Gasteiger partial charge in [0, 0.05) is 24.7 Å². The van der Waals surface area contributed by atoms with E-state index in [1.165, 1.54) is 18.5 Å². The van der Waals surface area contributed by atoms with E-state index in [9.17, 15) is 9.59 Å². The molecule has 10 heteroatoms. The zero-order valence-corrected chi connectivity index (χ0v) is 17.7. The highest BCUT2D eigenvalue weighted by Gasteiger charge is 2.25. The molecule has 0 radical (unpaired) electrons. The summed E-state index contributed by atoms with van der Waals surface area (Å²) < 4.78 is 15.0. The molecule has 1 atom stereocenters. The lowest BCUT2D eigenvalue weighted by atomic mass is 10.0. The predicted molar refractivity (Wildman–Crippen MR) is 121 cm³/mol. The SMILES string of the molecule is N[C@@H]1CCCN(c2ccc(-c3ncnc4ccc(/C=C5\SC(=O)NC5=O)nc34)cc2F)C1. The summed E-state index contributed by atoms with van der Waals surface area (Å²) in [5.41, 5.74) is 9.15. The van der Waals surface area contributed by atoms with Crippen LogP contribution in [0.15, 0.2) is 41.6 Å². The van der Waals surface area contributed by atoms with Crippen LogP contribution in [0.1, 0.15) is 18.5 Å². The molecule has 3 N–H and O–H groups in total. The minimum atomic E-state index is -0.457. The normalized spacial score (nSPS) is 20.2. The second-order valence-corrected chi connectivity index (χ2v) is 8.71.